The third-order valence-electron chi connectivity index (χ3n) is 2.98. The number of hydrogen-bond donors (Lipinski definition) is 0. The summed E-state index contributed by atoms with van der Waals surface area (Å²) >= 11 is 0.528. The summed E-state index contributed by atoms with van der Waals surface area (Å²) in [6.07, 6.45) is 0. The van der Waals surface area contributed by atoms with Crippen molar-refractivity contribution in [3.63, 3.8) is 0 Å². The van der Waals surface area contributed by atoms with Crippen LogP contribution in [0.3, 0.4) is 0 Å². The van der Waals surface area contributed by atoms with Gasteiger partial charge in [0.2, 0.25) is 0 Å². The summed E-state index contributed by atoms with van der Waals surface area (Å²) in [5, 5.41) is 11.0. The Hall–Kier alpha value is -1.70. The topological polar surface area (TPSA) is 24.7 Å². The van der Waals surface area contributed by atoms with E-state index >= 15 is 0 Å². The standard InChI is InChI=1S/C16H14N2Se/c1-3-7-13(8-4-1)15-11-19-12-16(18-17-15)14-9-5-2-6-10-14/h1-10H,11-12H2. The van der Waals surface area contributed by atoms with Crippen LogP contribution in [-0.2, 0) is 0 Å². The van der Waals surface area contributed by atoms with Crippen LogP contribution in [0.1, 0.15) is 11.1 Å². The van der Waals surface area contributed by atoms with Gasteiger partial charge in [-0.2, -0.15) is 0 Å². The summed E-state index contributed by atoms with van der Waals surface area (Å²) in [6.45, 7) is 0. The quantitative estimate of drug-likeness (QED) is 0.759. The average molecular weight is 313 g/mol. The fourth-order valence-electron chi connectivity index (χ4n) is 1.97. The minimum absolute atomic E-state index is 0.528. The van der Waals surface area contributed by atoms with Gasteiger partial charge in [-0.3, -0.25) is 0 Å². The molecule has 0 atom stereocenters. The molecule has 0 amide bonds. The van der Waals surface area contributed by atoms with Crippen molar-refractivity contribution in [2.75, 3.05) is 0 Å². The van der Waals surface area contributed by atoms with Gasteiger partial charge >= 0.3 is 119 Å². The van der Waals surface area contributed by atoms with Gasteiger partial charge in [0.15, 0.2) is 0 Å². The fourth-order valence-corrected chi connectivity index (χ4v) is 3.93. The maximum atomic E-state index is 4.47. The zero-order valence-corrected chi connectivity index (χ0v) is 12.2. The molecule has 0 fully saturated rings. The molecule has 0 aliphatic carbocycles. The summed E-state index contributed by atoms with van der Waals surface area (Å²) in [4.78, 5) is 0. The molecule has 0 saturated heterocycles. The zero-order valence-electron chi connectivity index (χ0n) is 10.5. The summed E-state index contributed by atoms with van der Waals surface area (Å²) in [5.74, 6) is 0. The van der Waals surface area contributed by atoms with Gasteiger partial charge in [-0.1, -0.05) is 0 Å². The Balaban J connectivity index is 1.90. The normalized spacial score (nSPS) is 15.4. The van der Waals surface area contributed by atoms with Crippen LogP contribution in [0.5, 0.6) is 0 Å². The summed E-state index contributed by atoms with van der Waals surface area (Å²) in [5.41, 5.74) is 4.63. The Morgan fingerprint density at radius 1 is 0.632 bits per heavy atom. The minimum atomic E-state index is 0.528. The van der Waals surface area contributed by atoms with Gasteiger partial charge in [0.1, 0.15) is 0 Å². The summed E-state index contributed by atoms with van der Waals surface area (Å²) in [7, 11) is 0. The van der Waals surface area contributed by atoms with Gasteiger partial charge in [-0.05, 0) is 0 Å². The van der Waals surface area contributed by atoms with E-state index in [2.05, 4.69) is 58.7 Å². The molecule has 0 N–H and O–H groups in total. The molecule has 94 valence electrons. The van der Waals surface area contributed by atoms with Gasteiger partial charge in [0.05, 0.1) is 0 Å². The van der Waals surface area contributed by atoms with Crippen LogP contribution >= 0.6 is 0 Å². The molecule has 2 nitrogen and oxygen atoms in total. The van der Waals surface area contributed by atoms with Crippen LogP contribution in [0.15, 0.2) is 70.9 Å². The van der Waals surface area contributed by atoms with E-state index < -0.39 is 0 Å². The Bertz CT molecular complexity index is 548. The summed E-state index contributed by atoms with van der Waals surface area (Å²) in [6, 6.07) is 20.7. The molecule has 2 aromatic rings. The van der Waals surface area contributed by atoms with E-state index in [-0.39, 0.29) is 0 Å². The predicted octanol–water partition coefficient (Wildman–Crippen LogP) is 3.43. The van der Waals surface area contributed by atoms with E-state index in [0.29, 0.717) is 15.0 Å². The SMILES string of the molecule is c1ccc(C2=NN=C(c3ccccc3)C[Se]C2)cc1. The molecular weight excluding hydrogens is 299 g/mol. The number of hydrogen-bond acceptors (Lipinski definition) is 2. The Morgan fingerprint density at radius 3 is 1.47 bits per heavy atom. The van der Waals surface area contributed by atoms with Crippen molar-refractivity contribution in [3.05, 3.63) is 71.8 Å². The zero-order chi connectivity index (χ0) is 12.9. The fraction of sp³-hybridized carbons (Fsp3) is 0.125. The van der Waals surface area contributed by atoms with Gasteiger partial charge in [0, 0.05) is 0 Å². The van der Waals surface area contributed by atoms with Gasteiger partial charge in [0.25, 0.3) is 0 Å². The first kappa shape index (κ1) is 12.3. The van der Waals surface area contributed by atoms with Crippen molar-refractivity contribution in [1.82, 2.24) is 0 Å². The van der Waals surface area contributed by atoms with E-state index in [1.165, 1.54) is 11.1 Å². The third-order valence-corrected chi connectivity index (χ3v) is 4.99. The molecule has 1 aliphatic heterocycles. The molecule has 0 bridgehead atoms. The second-order valence-electron chi connectivity index (χ2n) is 4.32. The third kappa shape index (κ3) is 3.01. The van der Waals surface area contributed by atoms with Crippen LogP contribution in [0.4, 0.5) is 0 Å². The van der Waals surface area contributed by atoms with Gasteiger partial charge in [-0.15, -0.1) is 0 Å². The van der Waals surface area contributed by atoms with E-state index in [9.17, 15) is 0 Å². The van der Waals surface area contributed by atoms with Crippen LogP contribution in [-0.4, -0.2) is 26.4 Å². The summed E-state index contributed by atoms with van der Waals surface area (Å²) < 4.78 is 0. The van der Waals surface area contributed by atoms with Crippen molar-refractivity contribution in [2.24, 2.45) is 10.2 Å². The van der Waals surface area contributed by atoms with E-state index in [4.69, 9.17) is 0 Å². The molecule has 1 aliphatic rings. The molecule has 0 saturated carbocycles. The van der Waals surface area contributed by atoms with Crippen molar-refractivity contribution in [2.45, 2.75) is 10.6 Å². The van der Waals surface area contributed by atoms with Crippen molar-refractivity contribution < 1.29 is 0 Å². The van der Waals surface area contributed by atoms with Crippen molar-refractivity contribution in [3.8, 4) is 0 Å². The van der Waals surface area contributed by atoms with Crippen LogP contribution in [0, 0.1) is 0 Å². The van der Waals surface area contributed by atoms with Crippen molar-refractivity contribution in [1.29, 1.82) is 0 Å². The molecule has 19 heavy (non-hydrogen) atoms. The first-order chi connectivity index (χ1) is 9.43. The van der Waals surface area contributed by atoms with Crippen LogP contribution in [0.2, 0.25) is 10.6 Å². The molecule has 0 spiro atoms. The first-order valence-corrected chi connectivity index (χ1v) is 8.68. The molecule has 3 rings (SSSR count). The molecule has 3 heteroatoms. The number of rotatable bonds is 2. The van der Waals surface area contributed by atoms with E-state index in [1.807, 2.05) is 12.1 Å². The van der Waals surface area contributed by atoms with Gasteiger partial charge in [-0.25, -0.2) is 0 Å². The second kappa shape index (κ2) is 5.96. The maximum absolute atomic E-state index is 4.47. The monoisotopic (exact) mass is 314 g/mol. The molecule has 2 aromatic carbocycles. The number of nitrogens with zero attached hydrogens (tertiary/aromatic N) is 2. The van der Waals surface area contributed by atoms with Crippen LogP contribution < -0.4 is 0 Å². The first-order valence-electron chi connectivity index (χ1n) is 6.25. The Labute approximate surface area is 119 Å². The predicted molar refractivity (Wildman–Crippen MR) is 81.3 cm³/mol. The second-order valence-corrected chi connectivity index (χ2v) is 6.39. The van der Waals surface area contributed by atoms with E-state index in [0.717, 1.165) is 22.1 Å². The molecule has 0 aromatic heterocycles. The Morgan fingerprint density at radius 2 is 1.05 bits per heavy atom. The number of benzene rings is 2. The van der Waals surface area contributed by atoms with Crippen LogP contribution in [0.25, 0.3) is 0 Å². The molecule has 0 unspecified atom stereocenters. The molecule has 0 radical (unpaired) electrons. The Kier molecular flexibility index (Phi) is 3.87. The van der Waals surface area contributed by atoms with Gasteiger partial charge < -0.3 is 0 Å². The molecule has 1 heterocycles. The molecular formula is C16H14N2Se. The van der Waals surface area contributed by atoms with E-state index in [1.54, 1.807) is 0 Å². The van der Waals surface area contributed by atoms with Crippen molar-refractivity contribution >= 4 is 26.4 Å². The average Bonchev–Trinajstić information content (AvgIpc) is 2.75.